The van der Waals surface area contributed by atoms with Gasteiger partial charge in [0.05, 0.1) is 0 Å². The lowest BCUT2D eigenvalue weighted by atomic mass is 9.86. The maximum absolute atomic E-state index is 9.48. The van der Waals surface area contributed by atoms with Gasteiger partial charge in [0.1, 0.15) is 57.2 Å². The minimum atomic E-state index is -0.184. The summed E-state index contributed by atoms with van der Waals surface area (Å²) in [5.74, 6) is 3.30. The van der Waals surface area contributed by atoms with Gasteiger partial charge in [-0.25, -0.2) is 0 Å². The number of rotatable bonds is 2. The number of phenolic OH excluding ortho intramolecular Hbond substituents is 10. The van der Waals surface area contributed by atoms with Gasteiger partial charge in [0, 0.05) is 11.1 Å². The molecule has 0 bridgehead atoms. The highest BCUT2D eigenvalue weighted by Crippen LogP contribution is 2.37. The summed E-state index contributed by atoms with van der Waals surface area (Å²) in [4.78, 5) is 0. The van der Waals surface area contributed by atoms with Crippen LogP contribution in [0.25, 0.3) is 0 Å². The Morgan fingerprint density at radius 2 is 0.607 bits per heavy atom. The molecule has 0 spiro atoms. The Morgan fingerprint density at radius 3 is 0.978 bits per heavy atom. The van der Waals surface area contributed by atoms with Crippen LogP contribution in [0.5, 0.6) is 69.0 Å². The topological polar surface area (TPSA) is 221 Å². The summed E-state index contributed by atoms with van der Waals surface area (Å²) in [6.45, 7) is 44.8. The van der Waals surface area contributed by atoms with Crippen LogP contribution in [-0.2, 0) is 27.1 Å². The molecule has 12 heteroatoms. The van der Waals surface area contributed by atoms with Gasteiger partial charge in [-0.1, -0.05) is 189 Å². The molecular weight excluding hydrogens is 1120 g/mol. The fourth-order valence-electron chi connectivity index (χ4n) is 7.59. The van der Waals surface area contributed by atoms with Crippen molar-refractivity contribution in [2.45, 2.75) is 191 Å². The van der Waals surface area contributed by atoms with Crippen LogP contribution >= 0.6 is 0 Å². The average molecular weight is 1220 g/mol. The third-order valence-electron chi connectivity index (χ3n) is 12.4. The first-order chi connectivity index (χ1) is 40.6. The Balaban J connectivity index is 0.000000510. The molecule has 12 nitrogen and oxygen atoms in total. The highest BCUT2D eigenvalue weighted by atomic mass is 16.5. The molecule has 0 aliphatic rings. The second-order valence-electron chi connectivity index (χ2n) is 28.4. The standard InChI is InChI=1S/4C10H14O2.3C10H14O.C7H8O/c1-10(2,3)12-9-6-4-8(11)5-7-9;1-10(2,3)8-6-7(11)4-5-9(8)12;1-10(2,3)7-4-5-8(11)9(12)6-7;1-10(2,3)7-5-4-6-8(11)9(7)12;1-10(2,3)8-4-6-9(11)7-5-8;1-10(2,3)11-9-7-5-4-6-8-9;1-10(2,3)8-6-4-5-7-9(8)11;1-6-4-2-3-5-7(6)8/h4-7,11H,1-3H3;3*4-6,11-12H,1-3H3;4-7,11H,1-3H3;4-8H,1-3H3;4-7,11H,1-3H3;2-5,8H,1H3. The lowest BCUT2D eigenvalue weighted by molar-refractivity contribution is 0.130. The van der Waals surface area contributed by atoms with Crippen LogP contribution in [0.4, 0.5) is 0 Å². The van der Waals surface area contributed by atoms with Crippen molar-refractivity contribution in [3.8, 4) is 69.0 Å². The fourth-order valence-corrected chi connectivity index (χ4v) is 7.59. The summed E-state index contributed by atoms with van der Waals surface area (Å²) >= 11 is 0. The first kappa shape index (κ1) is 78.4. The normalized spacial score (nSPS) is 11.3. The number of para-hydroxylation sites is 4. The Morgan fingerprint density at radius 1 is 0.247 bits per heavy atom. The SMILES string of the molecule is CC(C)(C)Oc1ccc(O)cc1.CC(C)(C)Oc1ccccc1.CC(C)(C)c1cc(O)ccc1O.CC(C)(C)c1ccc(O)c(O)c1.CC(C)(C)c1ccc(O)cc1.CC(C)(C)c1cccc(O)c1O.CC(C)(C)c1ccccc1O.Cc1ccccc1O. The summed E-state index contributed by atoms with van der Waals surface area (Å²) < 4.78 is 11.1. The van der Waals surface area contributed by atoms with E-state index in [1.807, 2.05) is 181 Å². The molecular formula is C77H106O12. The number of aryl methyl sites for hydroxylation is 1. The molecule has 0 radical (unpaired) electrons. The molecule has 0 heterocycles. The molecule has 89 heavy (non-hydrogen) atoms. The van der Waals surface area contributed by atoms with Gasteiger partial charge in [-0.05, 0) is 195 Å². The van der Waals surface area contributed by atoms with E-state index in [-0.39, 0.29) is 78.5 Å². The molecule has 0 amide bonds. The summed E-state index contributed by atoms with van der Waals surface area (Å²) in [5, 5.41) is 92.0. The van der Waals surface area contributed by atoms with Crippen molar-refractivity contribution in [1.29, 1.82) is 0 Å². The first-order valence-corrected chi connectivity index (χ1v) is 29.7. The van der Waals surface area contributed by atoms with Gasteiger partial charge in [0.15, 0.2) is 23.0 Å². The maximum Gasteiger partial charge on any atom is 0.161 e. The van der Waals surface area contributed by atoms with Crippen molar-refractivity contribution >= 4 is 0 Å². The zero-order valence-corrected chi connectivity index (χ0v) is 57.1. The van der Waals surface area contributed by atoms with Gasteiger partial charge in [-0.3, -0.25) is 0 Å². The second-order valence-corrected chi connectivity index (χ2v) is 28.4. The minimum Gasteiger partial charge on any atom is -0.508 e. The van der Waals surface area contributed by atoms with E-state index in [2.05, 4.69) is 62.3 Å². The molecule has 8 aromatic rings. The summed E-state index contributed by atoms with van der Waals surface area (Å²) in [6, 6.07) is 53.2. The van der Waals surface area contributed by atoms with Crippen LogP contribution in [0.2, 0.25) is 0 Å². The zero-order valence-electron chi connectivity index (χ0n) is 57.1. The van der Waals surface area contributed by atoms with Gasteiger partial charge in [0.25, 0.3) is 0 Å². The molecule has 0 saturated heterocycles. The predicted octanol–water partition coefficient (Wildman–Crippen LogP) is 19.7. The largest absolute Gasteiger partial charge is 0.508 e. The van der Waals surface area contributed by atoms with Gasteiger partial charge in [0.2, 0.25) is 0 Å². The van der Waals surface area contributed by atoms with Crippen molar-refractivity contribution in [3.05, 3.63) is 215 Å². The quantitative estimate of drug-likeness (QED) is 0.0577. The van der Waals surface area contributed by atoms with Crippen LogP contribution in [0.1, 0.15) is 179 Å². The highest BCUT2D eigenvalue weighted by Gasteiger charge is 2.21. The van der Waals surface area contributed by atoms with E-state index < -0.39 is 0 Å². The third-order valence-corrected chi connectivity index (χ3v) is 12.4. The van der Waals surface area contributed by atoms with Crippen molar-refractivity contribution in [1.82, 2.24) is 0 Å². The average Bonchev–Trinajstić information content (AvgIpc) is 2.85. The molecule has 0 atom stereocenters. The van der Waals surface area contributed by atoms with Gasteiger partial charge in [-0.2, -0.15) is 0 Å². The number of hydrogen-bond donors (Lipinski definition) is 10. The summed E-state index contributed by atoms with van der Waals surface area (Å²) in [7, 11) is 0. The summed E-state index contributed by atoms with van der Waals surface area (Å²) in [5.41, 5.74) is 5.37. The van der Waals surface area contributed by atoms with Gasteiger partial charge in [-0.15, -0.1) is 0 Å². The van der Waals surface area contributed by atoms with Crippen LogP contribution in [0.15, 0.2) is 182 Å². The predicted molar refractivity (Wildman–Crippen MR) is 367 cm³/mol. The van der Waals surface area contributed by atoms with E-state index in [1.54, 1.807) is 66.7 Å². The Labute approximate surface area is 533 Å². The molecule has 0 fully saturated rings. The molecule has 0 aromatic heterocycles. The minimum absolute atomic E-state index is 0.00514. The Kier molecular flexibility index (Phi) is 30.1. The van der Waals surface area contributed by atoms with Crippen LogP contribution in [0.3, 0.4) is 0 Å². The molecule has 8 aromatic carbocycles. The number of hydrogen-bond acceptors (Lipinski definition) is 12. The van der Waals surface area contributed by atoms with Gasteiger partial charge >= 0.3 is 0 Å². The number of ether oxygens (including phenoxy) is 2. The molecule has 0 aliphatic heterocycles. The molecule has 0 saturated carbocycles. The maximum atomic E-state index is 9.48. The lowest BCUT2D eigenvalue weighted by Crippen LogP contribution is -2.22. The van der Waals surface area contributed by atoms with Crippen molar-refractivity contribution in [3.63, 3.8) is 0 Å². The zero-order chi connectivity index (χ0) is 68.5. The van der Waals surface area contributed by atoms with E-state index in [4.69, 9.17) is 29.9 Å². The lowest BCUT2D eigenvalue weighted by Gasteiger charge is -2.20. The monoisotopic (exact) mass is 1220 g/mol. The van der Waals surface area contributed by atoms with E-state index in [0.717, 1.165) is 39.3 Å². The van der Waals surface area contributed by atoms with Crippen molar-refractivity contribution < 1.29 is 60.5 Å². The smallest absolute Gasteiger partial charge is 0.161 e. The van der Waals surface area contributed by atoms with Crippen molar-refractivity contribution in [2.75, 3.05) is 0 Å². The fraction of sp³-hybridized carbons (Fsp3) is 0.377. The van der Waals surface area contributed by atoms with E-state index in [9.17, 15) is 30.6 Å². The van der Waals surface area contributed by atoms with Crippen molar-refractivity contribution in [2.24, 2.45) is 0 Å². The molecule has 486 valence electrons. The summed E-state index contributed by atoms with van der Waals surface area (Å²) in [6.07, 6.45) is 0. The third kappa shape index (κ3) is 32.2. The molecule has 8 rings (SSSR count). The molecule has 0 unspecified atom stereocenters. The first-order valence-electron chi connectivity index (χ1n) is 29.7. The van der Waals surface area contributed by atoms with Crippen LogP contribution in [0, 0.1) is 6.92 Å². The highest BCUT2D eigenvalue weighted by molar-refractivity contribution is 5.48. The van der Waals surface area contributed by atoms with Crippen LogP contribution in [-0.4, -0.2) is 62.3 Å². The Bertz CT molecular complexity index is 3270. The number of phenols is 10. The number of aromatic hydroxyl groups is 10. The number of benzene rings is 8. The molecule has 10 N–H and O–H groups in total. The van der Waals surface area contributed by atoms with Gasteiger partial charge < -0.3 is 60.5 Å². The van der Waals surface area contributed by atoms with E-state index in [0.29, 0.717) is 17.2 Å². The molecule has 0 aliphatic carbocycles. The van der Waals surface area contributed by atoms with Crippen LogP contribution < -0.4 is 9.47 Å². The Hall–Kier alpha value is -8.64. The van der Waals surface area contributed by atoms with E-state index >= 15 is 0 Å². The second kappa shape index (κ2) is 34.2. The van der Waals surface area contributed by atoms with E-state index in [1.165, 1.54) is 29.8 Å².